The Bertz CT molecular complexity index is 956. The van der Waals surface area contributed by atoms with Crippen LogP contribution in [0, 0.1) is 0 Å². The molecule has 2 aliphatic rings. The van der Waals surface area contributed by atoms with Gasteiger partial charge < -0.3 is 18.9 Å². The Kier molecular flexibility index (Phi) is 7.15. The molecule has 184 valence electrons. The molecule has 0 N–H and O–H groups in total. The van der Waals surface area contributed by atoms with Crippen LogP contribution in [0.1, 0.15) is 58.7 Å². The van der Waals surface area contributed by atoms with Crippen LogP contribution in [0.25, 0.3) is 0 Å². The normalized spacial score (nSPS) is 27.3. The van der Waals surface area contributed by atoms with Crippen molar-refractivity contribution in [3.05, 3.63) is 71.8 Å². The number of carbonyl (C=O) groups is 1. The number of hydrogen-bond donors (Lipinski definition) is 0. The van der Waals surface area contributed by atoms with Gasteiger partial charge in [0.05, 0.1) is 12.6 Å². The number of rotatable bonds is 6. The molecule has 2 heterocycles. The summed E-state index contributed by atoms with van der Waals surface area (Å²) < 4.78 is 24.6. The largest absolute Gasteiger partial charge is 0.458 e. The van der Waals surface area contributed by atoms with E-state index < -0.39 is 23.5 Å². The molecule has 6 heteroatoms. The molecular formula is C28H37NO5. The number of nitrogens with zero attached hydrogens (tertiary/aromatic N) is 1. The molecule has 0 radical (unpaired) electrons. The van der Waals surface area contributed by atoms with Gasteiger partial charge in [-0.3, -0.25) is 4.90 Å². The smallest absolute Gasteiger partial charge is 0.337 e. The molecule has 4 rings (SSSR count). The van der Waals surface area contributed by atoms with Gasteiger partial charge in [-0.2, -0.15) is 0 Å². The summed E-state index contributed by atoms with van der Waals surface area (Å²) in [5.74, 6) is -1.13. The van der Waals surface area contributed by atoms with E-state index in [4.69, 9.17) is 18.9 Å². The molecule has 2 aliphatic heterocycles. The van der Waals surface area contributed by atoms with Crippen LogP contribution >= 0.6 is 0 Å². The number of carbonyl (C=O) groups excluding carboxylic acids is 1. The summed E-state index contributed by atoms with van der Waals surface area (Å²) in [4.78, 5) is 15.7. The highest BCUT2D eigenvalue weighted by Gasteiger charge is 2.56. The lowest BCUT2D eigenvalue weighted by atomic mass is 9.92. The van der Waals surface area contributed by atoms with Crippen LogP contribution in [-0.4, -0.2) is 53.2 Å². The number of fused-ring (bicyclic) bond motifs is 1. The molecule has 6 nitrogen and oxygen atoms in total. The van der Waals surface area contributed by atoms with Crippen molar-refractivity contribution >= 4 is 5.97 Å². The van der Waals surface area contributed by atoms with Gasteiger partial charge >= 0.3 is 5.97 Å². The monoisotopic (exact) mass is 467 g/mol. The standard InChI is InChI=1S/C28H37NO5/c1-19(21-15-11-8-12-16-21)29(17-20-13-9-7-10-14-20)23-24-22(32-28(5,6)33-24)18-31-25(23)26(30)34-27(2,3)4/h7-16,19,22-25H,17-18H2,1-6H3/t19?,22?,23-,24?,25+/m0/s1. The van der Waals surface area contributed by atoms with Gasteiger partial charge in [-0.1, -0.05) is 60.7 Å². The van der Waals surface area contributed by atoms with Crippen LogP contribution in [-0.2, 0) is 30.3 Å². The number of benzene rings is 2. The van der Waals surface area contributed by atoms with E-state index in [0.717, 1.165) is 11.1 Å². The molecule has 2 fully saturated rings. The summed E-state index contributed by atoms with van der Waals surface area (Å²) in [6.07, 6.45) is -1.40. The summed E-state index contributed by atoms with van der Waals surface area (Å²) in [6.45, 7) is 12.5. The Morgan fingerprint density at radius 1 is 1.06 bits per heavy atom. The highest BCUT2D eigenvalue weighted by molar-refractivity contribution is 5.76. The predicted molar refractivity (Wildman–Crippen MR) is 130 cm³/mol. The fraction of sp³-hybridized carbons (Fsp3) is 0.536. The van der Waals surface area contributed by atoms with Crippen LogP contribution in [0.2, 0.25) is 0 Å². The van der Waals surface area contributed by atoms with Crippen LogP contribution in [0.5, 0.6) is 0 Å². The fourth-order valence-corrected chi connectivity index (χ4v) is 4.90. The second-order valence-electron chi connectivity index (χ2n) is 10.7. The summed E-state index contributed by atoms with van der Waals surface area (Å²) in [6, 6.07) is 20.2. The molecule has 3 unspecified atom stereocenters. The quantitative estimate of drug-likeness (QED) is 0.565. The minimum atomic E-state index is -0.798. The van der Waals surface area contributed by atoms with Crippen LogP contribution in [0.4, 0.5) is 0 Å². The Morgan fingerprint density at radius 2 is 1.68 bits per heavy atom. The fourth-order valence-electron chi connectivity index (χ4n) is 4.90. The summed E-state index contributed by atoms with van der Waals surface area (Å²) in [5, 5.41) is 0. The first kappa shape index (κ1) is 24.9. The van der Waals surface area contributed by atoms with Gasteiger partial charge in [-0.25, -0.2) is 4.79 Å². The van der Waals surface area contributed by atoms with Crippen molar-refractivity contribution in [2.45, 2.75) is 89.9 Å². The van der Waals surface area contributed by atoms with Gasteiger partial charge in [0.25, 0.3) is 0 Å². The molecule has 5 atom stereocenters. The number of hydrogen-bond acceptors (Lipinski definition) is 6. The molecule has 0 bridgehead atoms. The highest BCUT2D eigenvalue weighted by atomic mass is 16.8. The third-order valence-corrected chi connectivity index (χ3v) is 6.32. The van der Waals surface area contributed by atoms with Crippen molar-refractivity contribution in [1.82, 2.24) is 4.90 Å². The lowest BCUT2D eigenvalue weighted by Gasteiger charge is -2.46. The van der Waals surface area contributed by atoms with E-state index in [0.29, 0.717) is 6.54 Å². The first-order valence-corrected chi connectivity index (χ1v) is 12.1. The van der Waals surface area contributed by atoms with Gasteiger partial charge in [0.2, 0.25) is 0 Å². The SMILES string of the molecule is CC(c1ccccc1)N(Cc1ccccc1)[C@H]1C2OC(C)(C)OC2CO[C@H]1C(=O)OC(C)(C)C. The third kappa shape index (κ3) is 5.69. The summed E-state index contributed by atoms with van der Waals surface area (Å²) >= 11 is 0. The number of esters is 1. The van der Waals surface area contributed by atoms with Crippen molar-refractivity contribution < 1.29 is 23.7 Å². The van der Waals surface area contributed by atoms with Gasteiger partial charge in [-0.05, 0) is 52.7 Å². The molecule has 0 amide bonds. The Labute approximate surface area is 203 Å². The van der Waals surface area contributed by atoms with Crippen molar-refractivity contribution in [2.24, 2.45) is 0 Å². The van der Waals surface area contributed by atoms with Gasteiger partial charge in [-0.15, -0.1) is 0 Å². The molecule has 0 aromatic heterocycles. The first-order valence-electron chi connectivity index (χ1n) is 12.1. The zero-order valence-electron chi connectivity index (χ0n) is 21.1. The van der Waals surface area contributed by atoms with Crippen molar-refractivity contribution in [3.8, 4) is 0 Å². The molecule has 2 aromatic carbocycles. The van der Waals surface area contributed by atoms with E-state index in [2.05, 4.69) is 36.1 Å². The first-order chi connectivity index (χ1) is 16.0. The van der Waals surface area contributed by atoms with E-state index in [-0.39, 0.29) is 30.8 Å². The van der Waals surface area contributed by atoms with Crippen molar-refractivity contribution in [2.75, 3.05) is 6.61 Å². The molecule has 0 aliphatic carbocycles. The van der Waals surface area contributed by atoms with E-state index in [1.54, 1.807) is 0 Å². The van der Waals surface area contributed by atoms with Crippen molar-refractivity contribution in [3.63, 3.8) is 0 Å². The van der Waals surface area contributed by atoms with Gasteiger partial charge in [0.1, 0.15) is 17.8 Å². The molecule has 34 heavy (non-hydrogen) atoms. The Balaban J connectivity index is 1.76. The second-order valence-corrected chi connectivity index (χ2v) is 10.7. The summed E-state index contributed by atoms with van der Waals surface area (Å²) in [5.41, 5.74) is 1.68. The molecule has 0 spiro atoms. The number of ether oxygens (including phenoxy) is 4. The van der Waals surface area contributed by atoms with E-state index >= 15 is 0 Å². The average molecular weight is 468 g/mol. The van der Waals surface area contributed by atoms with Crippen LogP contribution in [0.15, 0.2) is 60.7 Å². The van der Waals surface area contributed by atoms with E-state index in [1.165, 1.54) is 0 Å². The average Bonchev–Trinajstić information content (AvgIpc) is 3.10. The minimum Gasteiger partial charge on any atom is -0.458 e. The molecule has 0 saturated carbocycles. The van der Waals surface area contributed by atoms with E-state index in [1.807, 2.05) is 71.0 Å². The van der Waals surface area contributed by atoms with Crippen LogP contribution < -0.4 is 0 Å². The summed E-state index contributed by atoms with van der Waals surface area (Å²) in [7, 11) is 0. The van der Waals surface area contributed by atoms with Gasteiger partial charge in [0, 0.05) is 12.6 Å². The highest BCUT2D eigenvalue weighted by Crippen LogP contribution is 2.40. The zero-order valence-corrected chi connectivity index (χ0v) is 21.1. The van der Waals surface area contributed by atoms with Crippen molar-refractivity contribution in [1.29, 1.82) is 0 Å². The van der Waals surface area contributed by atoms with Gasteiger partial charge in [0.15, 0.2) is 11.9 Å². The topological polar surface area (TPSA) is 57.2 Å². The zero-order chi connectivity index (χ0) is 24.5. The third-order valence-electron chi connectivity index (χ3n) is 6.32. The molecule has 2 saturated heterocycles. The maximum atomic E-state index is 13.4. The lowest BCUT2D eigenvalue weighted by molar-refractivity contribution is -0.192. The van der Waals surface area contributed by atoms with E-state index in [9.17, 15) is 4.79 Å². The maximum absolute atomic E-state index is 13.4. The Hall–Kier alpha value is -2.25. The maximum Gasteiger partial charge on any atom is 0.337 e. The lowest BCUT2D eigenvalue weighted by Crippen LogP contribution is -2.62. The molecular weight excluding hydrogens is 430 g/mol. The molecule has 2 aromatic rings. The van der Waals surface area contributed by atoms with Crippen LogP contribution in [0.3, 0.4) is 0 Å². The predicted octanol–water partition coefficient (Wildman–Crippen LogP) is 4.88. The minimum absolute atomic E-state index is 0.00833. The Morgan fingerprint density at radius 3 is 2.29 bits per heavy atom. The second kappa shape index (κ2) is 9.78.